The molecular weight excluding hydrogens is 260 g/mol. The van der Waals surface area contributed by atoms with Crippen molar-refractivity contribution in [2.24, 2.45) is 5.73 Å². The van der Waals surface area contributed by atoms with Crippen molar-refractivity contribution < 1.29 is 0 Å². The normalized spacial score (nSPS) is 10.4. The number of nitrogens with one attached hydrogen (secondary N) is 2. The molecule has 0 bridgehead atoms. The van der Waals surface area contributed by atoms with Crippen LogP contribution in [0.15, 0.2) is 34.1 Å². The first-order chi connectivity index (χ1) is 9.70. The van der Waals surface area contributed by atoms with E-state index in [0.717, 1.165) is 5.56 Å². The average molecular weight is 276 g/mol. The molecule has 20 heavy (non-hydrogen) atoms. The number of aromatic amines is 2. The molecule has 0 saturated carbocycles. The summed E-state index contributed by atoms with van der Waals surface area (Å²) in [5.74, 6) is 0.168. The van der Waals surface area contributed by atoms with E-state index in [-0.39, 0.29) is 5.82 Å². The lowest BCUT2D eigenvalue weighted by Gasteiger charge is -2.21. The zero-order valence-corrected chi connectivity index (χ0v) is 10.9. The summed E-state index contributed by atoms with van der Waals surface area (Å²) in [5, 5.41) is 6.04. The van der Waals surface area contributed by atoms with Gasteiger partial charge in [-0.3, -0.25) is 14.8 Å². The molecule has 0 saturated heterocycles. The Balaban J connectivity index is 2.27. The number of anilines is 1. The second-order valence-corrected chi connectivity index (χ2v) is 4.26. The molecule has 2 aromatic rings. The molecule has 0 fully saturated rings. The third-order valence-corrected chi connectivity index (χ3v) is 2.72. The van der Waals surface area contributed by atoms with Crippen molar-refractivity contribution in [2.75, 3.05) is 18.0 Å². The third-order valence-electron chi connectivity index (χ3n) is 2.72. The highest BCUT2D eigenvalue weighted by Crippen LogP contribution is 2.08. The summed E-state index contributed by atoms with van der Waals surface area (Å²) in [6, 6.07) is 3.73. The van der Waals surface area contributed by atoms with Crippen LogP contribution in [0.1, 0.15) is 12.0 Å². The van der Waals surface area contributed by atoms with E-state index in [2.05, 4.69) is 20.2 Å². The van der Waals surface area contributed by atoms with E-state index in [1.54, 1.807) is 17.3 Å². The van der Waals surface area contributed by atoms with Gasteiger partial charge in [0, 0.05) is 25.5 Å². The zero-order chi connectivity index (χ0) is 14.4. The van der Waals surface area contributed by atoms with Crippen LogP contribution in [0.25, 0.3) is 0 Å². The largest absolute Gasteiger partial charge is 0.346 e. The van der Waals surface area contributed by atoms with Crippen LogP contribution in [-0.2, 0) is 6.54 Å². The lowest BCUT2D eigenvalue weighted by molar-refractivity contribution is 0.703. The second kappa shape index (κ2) is 6.62. The Bertz CT molecular complexity index is 651. The van der Waals surface area contributed by atoms with Crippen LogP contribution < -0.4 is 21.9 Å². The molecule has 8 nitrogen and oxygen atoms in total. The lowest BCUT2D eigenvalue weighted by Crippen LogP contribution is -2.35. The first-order valence-electron chi connectivity index (χ1n) is 6.23. The van der Waals surface area contributed by atoms with Gasteiger partial charge in [-0.05, 0) is 24.6 Å². The summed E-state index contributed by atoms with van der Waals surface area (Å²) in [6.07, 6.45) is 4.11. The third kappa shape index (κ3) is 3.51. The molecule has 2 heterocycles. The molecule has 2 aromatic heterocycles. The fourth-order valence-corrected chi connectivity index (χ4v) is 1.81. The Kier molecular flexibility index (Phi) is 4.61. The second-order valence-electron chi connectivity index (χ2n) is 4.26. The van der Waals surface area contributed by atoms with Gasteiger partial charge < -0.3 is 10.6 Å². The summed E-state index contributed by atoms with van der Waals surface area (Å²) in [7, 11) is 0. The van der Waals surface area contributed by atoms with Gasteiger partial charge in [0.25, 0.3) is 5.56 Å². The molecule has 0 radical (unpaired) electrons. The Hall–Kier alpha value is -2.48. The van der Waals surface area contributed by atoms with Gasteiger partial charge in [-0.2, -0.15) is 0 Å². The number of pyridine rings is 1. The number of nitrogens with zero attached hydrogens (tertiary/aromatic N) is 3. The van der Waals surface area contributed by atoms with Crippen molar-refractivity contribution in [1.29, 1.82) is 0 Å². The maximum Gasteiger partial charge on any atom is 0.342 e. The van der Waals surface area contributed by atoms with Crippen LogP contribution in [0, 0.1) is 0 Å². The molecule has 8 heteroatoms. The van der Waals surface area contributed by atoms with Crippen LogP contribution in [-0.4, -0.2) is 33.3 Å². The first-order valence-corrected chi connectivity index (χ1v) is 6.23. The number of aromatic nitrogens is 4. The number of hydrogen-bond acceptors (Lipinski definition) is 6. The van der Waals surface area contributed by atoms with E-state index in [9.17, 15) is 9.59 Å². The molecule has 0 unspecified atom stereocenters. The van der Waals surface area contributed by atoms with Gasteiger partial charge in [0.1, 0.15) is 0 Å². The zero-order valence-electron chi connectivity index (χ0n) is 10.9. The number of rotatable bonds is 6. The summed E-state index contributed by atoms with van der Waals surface area (Å²) in [5.41, 5.74) is 5.30. The summed E-state index contributed by atoms with van der Waals surface area (Å²) in [6.45, 7) is 1.54. The van der Waals surface area contributed by atoms with Gasteiger partial charge in [0.2, 0.25) is 5.82 Å². The minimum absolute atomic E-state index is 0.168. The monoisotopic (exact) mass is 276 g/mol. The molecule has 106 valence electrons. The van der Waals surface area contributed by atoms with Crippen LogP contribution in [0.5, 0.6) is 0 Å². The van der Waals surface area contributed by atoms with Gasteiger partial charge in [0.15, 0.2) is 0 Å². The highest BCUT2D eigenvalue weighted by Gasteiger charge is 2.13. The van der Waals surface area contributed by atoms with Gasteiger partial charge in [-0.15, -0.1) is 5.10 Å². The maximum atomic E-state index is 11.8. The smallest absolute Gasteiger partial charge is 0.342 e. The van der Waals surface area contributed by atoms with Gasteiger partial charge >= 0.3 is 5.69 Å². The van der Waals surface area contributed by atoms with Gasteiger partial charge in [0.05, 0.1) is 0 Å². The molecule has 4 N–H and O–H groups in total. The average Bonchev–Trinajstić information content (AvgIpc) is 2.45. The van der Waals surface area contributed by atoms with Crippen molar-refractivity contribution in [1.82, 2.24) is 20.2 Å². The molecule has 0 aliphatic carbocycles. The quantitative estimate of drug-likeness (QED) is 0.635. The molecule has 0 spiro atoms. The Morgan fingerprint density at radius 1 is 1.35 bits per heavy atom. The fraction of sp³-hybridized carbons (Fsp3) is 0.333. The summed E-state index contributed by atoms with van der Waals surface area (Å²) in [4.78, 5) is 30.8. The molecule has 2 rings (SSSR count). The molecule has 0 amide bonds. The van der Waals surface area contributed by atoms with E-state index in [4.69, 9.17) is 5.73 Å². The summed E-state index contributed by atoms with van der Waals surface area (Å²) < 4.78 is 0. The van der Waals surface area contributed by atoms with Crippen molar-refractivity contribution >= 4 is 5.82 Å². The number of nitrogens with two attached hydrogens (primary N) is 1. The van der Waals surface area contributed by atoms with Crippen molar-refractivity contribution in [3.05, 3.63) is 50.9 Å². The van der Waals surface area contributed by atoms with Crippen LogP contribution in [0.2, 0.25) is 0 Å². The molecule has 0 aliphatic rings. The first kappa shape index (κ1) is 13.9. The molecule has 0 atom stereocenters. The predicted octanol–water partition coefficient (Wildman–Crippen LogP) is -0.791. The van der Waals surface area contributed by atoms with Crippen molar-refractivity contribution in [3.8, 4) is 0 Å². The van der Waals surface area contributed by atoms with E-state index in [1.807, 2.05) is 12.1 Å². The van der Waals surface area contributed by atoms with E-state index in [0.29, 0.717) is 26.1 Å². The molecular formula is C12H16N6O2. The topological polar surface area (TPSA) is 121 Å². The number of hydrogen-bond donors (Lipinski definition) is 3. The van der Waals surface area contributed by atoms with E-state index >= 15 is 0 Å². The van der Waals surface area contributed by atoms with Crippen LogP contribution >= 0.6 is 0 Å². The van der Waals surface area contributed by atoms with E-state index in [1.165, 1.54) is 0 Å². The standard InChI is InChI=1S/C12H16N6O2/c13-4-2-6-18(8-9-3-1-5-14-7-9)10-11(19)15-12(20)17-16-10/h1,3,5,7H,2,4,6,8,13H2,(H2,15,17,19,20). The Morgan fingerprint density at radius 3 is 2.85 bits per heavy atom. The fourth-order valence-electron chi connectivity index (χ4n) is 1.81. The molecule has 0 aliphatic heterocycles. The minimum Gasteiger partial charge on any atom is -0.346 e. The van der Waals surface area contributed by atoms with Crippen molar-refractivity contribution in [2.45, 2.75) is 13.0 Å². The summed E-state index contributed by atoms with van der Waals surface area (Å²) >= 11 is 0. The number of H-pyrrole nitrogens is 2. The maximum absolute atomic E-state index is 11.8. The Labute approximate surface area is 114 Å². The predicted molar refractivity (Wildman–Crippen MR) is 74.4 cm³/mol. The minimum atomic E-state index is -0.626. The van der Waals surface area contributed by atoms with Gasteiger partial charge in [-0.1, -0.05) is 6.07 Å². The van der Waals surface area contributed by atoms with Crippen LogP contribution in [0.4, 0.5) is 5.82 Å². The van der Waals surface area contributed by atoms with Crippen LogP contribution in [0.3, 0.4) is 0 Å². The van der Waals surface area contributed by atoms with Gasteiger partial charge in [-0.25, -0.2) is 9.89 Å². The lowest BCUT2D eigenvalue weighted by atomic mass is 10.2. The highest BCUT2D eigenvalue weighted by molar-refractivity contribution is 5.35. The van der Waals surface area contributed by atoms with Crippen molar-refractivity contribution in [3.63, 3.8) is 0 Å². The highest BCUT2D eigenvalue weighted by atomic mass is 16.2. The van der Waals surface area contributed by atoms with E-state index < -0.39 is 11.2 Å². The Morgan fingerprint density at radius 2 is 2.20 bits per heavy atom. The molecule has 0 aromatic carbocycles. The SMILES string of the molecule is NCCCN(Cc1cccnc1)c1n[nH]c(=O)[nH]c1=O.